The Hall–Kier alpha value is -3.01. The van der Waals surface area contributed by atoms with Gasteiger partial charge < -0.3 is 4.42 Å². The summed E-state index contributed by atoms with van der Waals surface area (Å²) in [5.74, 6) is 0.490. The second-order valence-electron chi connectivity index (χ2n) is 5.19. The van der Waals surface area contributed by atoms with E-state index in [-0.39, 0.29) is 11.3 Å². The number of nitro benzene ring substituents is 1. The Morgan fingerprint density at radius 2 is 1.96 bits per heavy atom. The van der Waals surface area contributed by atoms with E-state index >= 15 is 0 Å². The number of nitro groups is 1. The minimum Gasteiger partial charge on any atom is -0.450 e. The number of nitriles is 1. The molecule has 0 aliphatic carbocycles. The molecule has 128 valence electrons. The molecule has 26 heavy (non-hydrogen) atoms. The second kappa shape index (κ2) is 7.91. The summed E-state index contributed by atoms with van der Waals surface area (Å²) in [5.41, 5.74) is 0.679. The molecule has 5 nitrogen and oxygen atoms in total. The monoisotopic (exact) mass is 382 g/mol. The predicted octanol–water partition coefficient (Wildman–Crippen LogP) is 6.06. The standard InChI is InChI=1S/C19H11ClN2O3S/c20-15-4-7-18(8-5-15)26-19-9-6-17(25-19)11-14(12-21)13-2-1-3-16(10-13)22(23)24/h1-11H. The van der Waals surface area contributed by atoms with Crippen molar-refractivity contribution >= 4 is 40.7 Å². The first kappa shape index (κ1) is 17.8. The molecule has 7 heteroatoms. The molecular weight excluding hydrogens is 372 g/mol. The van der Waals surface area contributed by atoms with Crippen molar-refractivity contribution in [3.05, 3.63) is 87.1 Å². The van der Waals surface area contributed by atoms with Gasteiger partial charge in [-0.2, -0.15) is 5.26 Å². The molecule has 1 aromatic heterocycles. The van der Waals surface area contributed by atoms with Crippen LogP contribution in [-0.4, -0.2) is 4.92 Å². The number of halogens is 1. The molecule has 1 heterocycles. The Labute approximate surface area is 158 Å². The summed E-state index contributed by atoms with van der Waals surface area (Å²) in [4.78, 5) is 11.4. The van der Waals surface area contributed by atoms with Crippen LogP contribution in [0.25, 0.3) is 11.6 Å². The fourth-order valence-electron chi connectivity index (χ4n) is 2.20. The van der Waals surface area contributed by atoms with Crippen LogP contribution >= 0.6 is 23.4 Å². The van der Waals surface area contributed by atoms with E-state index in [1.54, 1.807) is 42.5 Å². The van der Waals surface area contributed by atoms with Crippen LogP contribution in [-0.2, 0) is 0 Å². The lowest BCUT2D eigenvalue weighted by atomic mass is 10.1. The van der Waals surface area contributed by atoms with Gasteiger partial charge in [0.15, 0.2) is 5.09 Å². The number of rotatable bonds is 5. The number of hydrogen-bond donors (Lipinski definition) is 0. The van der Waals surface area contributed by atoms with Crippen molar-refractivity contribution in [2.24, 2.45) is 0 Å². The van der Waals surface area contributed by atoms with Crippen LogP contribution < -0.4 is 0 Å². The van der Waals surface area contributed by atoms with Crippen LogP contribution in [0.15, 0.2) is 75.1 Å². The average Bonchev–Trinajstić information content (AvgIpc) is 3.08. The molecule has 3 aromatic rings. The van der Waals surface area contributed by atoms with Gasteiger partial charge >= 0.3 is 0 Å². The molecule has 0 bridgehead atoms. The molecule has 0 N–H and O–H groups in total. The lowest BCUT2D eigenvalue weighted by molar-refractivity contribution is -0.384. The highest BCUT2D eigenvalue weighted by atomic mass is 35.5. The van der Waals surface area contributed by atoms with Crippen LogP contribution in [0.4, 0.5) is 5.69 Å². The molecule has 0 saturated heterocycles. The molecule has 0 aliphatic rings. The summed E-state index contributed by atoms with van der Waals surface area (Å²) in [6.45, 7) is 0. The smallest absolute Gasteiger partial charge is 0.270 e. The molecule has 0 unspecified atom stereocenters. The fraction of sp³-hybridized carbons (Fsp3) is 0. The van der Waals surface area contributed by atoms with Gasteiger partial charge in [-0.1, -0.05) is 35.5 Å². The van der Waals surface area contributed by atoms with Crippen LogP contribution in [0.1, 0.15) is 11.3 Å². The number of benzene rings is 2. The first-order chi connectivity index (χ1) is 12.5. The average molecular weight is 383 g/mol. The Morgan fingerprint density at radius 1 is 1.19 bits per heavy atom. The van der Waals surface area contributed by atoms with Gasteiger partial charge in [-0.25, -0.2) is 0 Å². The van der Waals surface area contributed by atoms with E-state index in [1.807, 2.05) is 12.1 Å². The highest BCUT2D eigenvalue weighted by Crippen LogP contribution is 2.31. The zero-order valence-corrected chi connectivity index (χ0v) is 14.8. The molecule has 0 saturated carbocycles. The molecule has 0 fully saturated rings. The third-order valence-electron chi connectivity index (χ3n) is 3.41. The lowest BCUT2D eigenvalue weighted by Crippen LogP contribution is -1.89. The maximum absolute atomic E-state index is 10.9. The van der Waals surface area contributed by atoms with Crippen LogP contribution in [0.2, 0.25) is 5.02 Å². The van der Waals surface area contributed by atoms with E-state index < -0.39 is 4.92 Å². The highest BCUT2D eigenvalue weighted by molar-refractivity contribution is 7.99. The highest BCUT2D eigenvalue weighted by Gasteiger charge is 2.10. The molecule has 2 aromatic carbocycles. The summed E-state index contributed by atoms with van der Waals surface area (Å²) >= 11 is 7.29. The summed E-state index contributed by atoms with van der Waals surface area (Å²) in [6.07, 6.45) is 1.56. The summed E-state index contributed by atoms with van der Waals surface area (Å²) in [6, 6.07) is 18.9. The quantitative estimate of drug-likeness (QED) is 0.304. The van der Waals surface area contributed by atoms with Gasteiger partial charge in [0.2, 0.25) is 0 Å². The summed E-state index contributed by atoms with van der Waals surface area (Å²) in [5, 5.41) is 21.6. The number of hydrogen-bond acceptors (Lipinski definition) is 5. The molecule has 3 rings (SSSR count). The largest absolute Gasteiger partial charge is 0.450 e. The topological polar surface area (TPSA) is 80.1 Å². The Morgan fingerprint density at radius 3 is 2.65 bits per heavy atom. The van der Waals surface area contributed by atoms with Gasteiger partial charge in [-0.05, 0) is 48.0 Å². The molecule has 0 radical (unpaired) electrons. The van der Waals surface area contributed by atoms with E-state index in [0.29, 0.717) is 21.4 Å². The van der Waals surface area contributed by atoms with Gasteiger partial charge in [0, 0.05) is 22.1 Å². The minimum atomic E-state index is -0.494. The number of non-ortho nitro benzene ring substituents is 1. The second-order valence-corrected chi connectivity index (χ2v) is 6.70. The lowest BCUT2D eigenvalue weighted by Gasteiger charge is -1.99. The van der Waals surface area contributed by atoms with Crippen molar-refractivity contribution in [2.75, 3.05) is 0 Å². The molecule has 0 aliphatic heterocycles. The summed E-state index contributed by atoms with van der Waals surface area (Å²) < 4.78 is 5.72. The van der Waals surface area contributed by atoms with E-state index in [9.17, 15) is 15.4 Å². The third kappa shape index (κ3) is 4.33. The van der Waals surface area contributed by atoms with Gasteiger partial charge in [0.05, 0.1) is 16.6 Å². The van der Waals surface area contributed by atoms with E-state index in [1.165, 1.54) is 23.9 Å². The number of allylic oxidation sites excluding steroid dienone is 1. The van der Waals surface area contributed by atoms with E-state index in [0.717, 1.165) is 4.90 Å². The third-order valence-corrected chi connectivity index (χ3v) is 4.59. The van der Waals surface area contributed by atoms with Gasteiger partial charge in [0.1, 0.15) is 5.76 Å². The van der Waals surface area contributed by atoms with Crippen molar-refractivity contribution in [2.45, 2.75) is 9.99 Å². The van der Waals surface area contributed by atoms with E-state index in [4.69, 9.17) is 16.0 Å². The molecule has 0 amide bonds. The van der Waals surface area contributed by atoms with Crippen molar-refractivity contribution in [3.8, 4) is 6.07 Å². The van der Waals surface area contributed by atoms with Crippen LogP contribution in [0, 0.1) is 21.4 Å². The fourth-order valence-corrected chi connectivity index (χ4v) is 3.10. The minimum absolute atomic E-state index is 0.0675. The van der Waals surface area contributed by atoms with Crippen molar-refractivity contribution in [1.29, 1.82) is 5.26 Å². The molecule has 0 spiro atoms. The maximum atomic E-state index is 10.9. The molecular formula is C19H11ClN2O3S. The van der Waals surface area contributed by atoms with Gasteiger partial charge in [-0.15, -0.1) is 0 Å². The van der Waals surface area contributed by atoms with Crippen LogP contribution in [0.5, 0.6) is 0 Å². The number of furan rings is 1. The van der Waals surface area contributed by atoms with Gasteiger partial charge in [-0.3, -0.25) is 10.1 Å². The first-order valence-corrected chi connectivity index (χ1v) is 8.64. The molecule has 0 atom stereocenters. The predicted molar refractivity (Wildman–Crippen MR) is 101 cm³/mol. The van der Waals surface area contributed by atoms with Crippen molar-refractivity contribution in [3.63, 3.8) is 0 Å². The SMILES string of the molecule is N#CC(=Cc1ccc(Sc2ccc(Cl)cc2)o1)c1cccc([N+](=O)[O-])c1. The number of nitrogens with zero attached hydrogens (tertiary/aromatic N) is 2. The Balaban J connectivity index is 1.83. The van der Waals surface area contributed by atoms with E-state index in [2.05, 4.69) is 6.07 Å². The van der Waals surface area contributed by atoms with Crippen molar-refractivity contribution in [1.82, 2.24) is 0 Å². The first-order valence-electron chi connectivity index (χ1n) is 7.45. The van der Waals surface area contributed by atoms with Gasteiger partial charge in [0.25, 0.3) is 5.69 Å². The normalized spacial score (nSPS) is 11.2. The zero-order chi connectivity index (χ0) is 18.5. The zero-order valence-electron chi connectivity index (χ0n) is 13.3. The summed E-state index contributed by atoms with van der Waals surface area (Å²) in [7, 11) is 0. The van der Waals surface area contributed by atoms with Crippen molar-refractivity contribution < 1.29 is 9.34 Å². The Kier molecular flexibility index (Phi) is 5.42. The van der Waals surface area contributed by atoms with Crippen LogP contribution in [0.3, 0.4) is 0 Å². The maximum Gasteiger partial charge on any atom is 0.270 e. The Bertz CT molecular complexity index is 1020.